The molecule has 0 spiro atoms. The fraction of sp³-hybridized carbons (Fsp3) is 0.421. The van der Waals surface area contributed by atoms with Crippen LogP contribution in [0.2, 0.25) is 0 Å². The average molecular weight is 312 g/mol. The molecule has 1 unspecified atom stereocenters. The molecule has 0 aliphatic rings. The van der Waals surface area contributed by atoms with Crippen molar-refractivity contribution in [3.63, 3.8) is 0 Å². The van der Waals surface area contributed by atoms with E-state index in [9.17, 15) is 4.79 Å². The fourth-order valence-corrected chi connectivity index (χ4v) is 2.09. The molecule has 0 radical (unpaired) electrons. The molecule has 0 saturated carbocycles. The predicted octanol–water partition coefficient (Wildman–Crippen LogP) is 4.26. The van der Waals surface area contributed by atoms with E-state index >= 15 is 0 Å². The second-order valence-corrected chi connectivity index (χ2v) is 6.03. The van der Waals surface area contributed by atoms with Gasteiger partial charge >= 0.3 is 0 Å². The van der Waals surface area contributed by atoms with Crippen LogP contribution in [0.4, 0.5) is 0 Å². The molecule has 23 heavy (non-hydrogen) atoms. The average Bonchev–Trinajstić information content (AvgIpc) is 2.59. The Morgan fingerprint density at radius 2 is 1.83 bits per heavy atom. The normalized spacial score (nSPS) is 12.2. The third kappa shape index (κ3) is 4.38. The van der Waals surface area contributed by atoms with E-state index in [1.807, 2.05) is 12.1 Å². The second kappa shape index (κ2) is 7.86. The summed E-state index contributed by atoms with van der Waals surface area (Å²) >= 11 is 0. The van der Waals surface area contributed by atoms with Crippen molar-refractivity contribution in [2.75, 3.05) is 6.61 Å². The van der Waals surface area contributed by atoms with Crippen LogP contribution >= 0.6 is 0 Å². The number of hydrogen-bond acceptors (Lipinski definition) is 4. The first-order valence-electron chi connectivity index (χ1n) is 8.13. The zero-order valence-electron chi connectivity index (χ0n) is 14.2. The molecule has 1 aromatic carbocycles. The van der Waals surface area contributed by atoms with Gasteiger partial charge in [-0.1, -0.05) is 27.7 Å². The van der Waals surface area contributed by atoms with Crippen LogP contribution < -0.4 is 4.74 Å². The number of hydrogen-bond donors (Lipinski definition) is 0. The molecule has 0 fully saturated rings. The van der Waals surface area contributed by atoms with Crippen molar-refractivity contribution in [1.29, 1.82) is 0 Å². The van der Waals surface area contributed by atoms with Crippen molar-refractivity contribution < 1.29 is 9.53 Å². The summed E-state index contributed by atoms with van der Waals surface area (Å²) in [5.41, 5.74) is 1.04. The van der Waals surface area contributed by atoms with Gasteiger partial charge in [-0.15, -0.1) is 0 Å². The zero-order valence-corrected chi connectivity index (χ0v) is 14.2. The molecule has 122 valence electrons. The minimum atomic E-state index is -0.0911. The number of carbonyl (C=O) groups excluding carboxylic acids is 1. The summed E-state index contributed by atoms with van der Waals surface area (Å²) in [5.74, 6) is 2.04. The Morgan fingerprint density at radius 1 is 1.13 bits per heavy atom. The first kappa shape index (κ1) is 17.1. The van der Waals surface area contributed by atoms with E-state index in [0.29, 0.717) is 29.6 Å². The molecule has 1 aromatic heterocycles. The Kier molecular flexibility index (Phi) is 5.85. The highest BCUT2D eigenvalue weighted by molar-refractivity contribution is 6.07. The van der Waals surface area contributed by atoms with Crippen LogP contribution in [0.25, 0.3) is 0 Å². The number of rotatable bonds is 7. The van der Waals surface area contributed by atoms with E-state index in [2.05, 4.69) is 37.7 Å². The lowest BCUT2D eigenvalue weighted by atomic mass is 9.97. The number of ketones is 1. The van der Waals surface area contributed by atoms with Gasteiger partial charge < -0.3 is 4.74 Å². The lowest BCUT2D eigenvalue weighted by Gasteiger charge is -2.14. The quantitative estimate of drug-likeness (QED) is 0.717. The summed E-state index contributed by atoms with van der Waals surface area (Å²) in [6, 6.07) is 8.87. The Morgan fingerprint density at radius 3 is 2.43 bits per heavy atom. The highest BCUT2D eigenvalue weighted by Gasteiger charge is 2.16. The summed E-state index contributed by atoms with van der Waals surface area (Å²) < 4.78 is 5.54. The predicted molar refractivity (Wildman–Crippen MR) is 90.9 cm³/mol. The van der Waals surface area contributed by atoms with E-state index in [-0.39, 0.29) is 11.7 Å². The number of nitrogens with zero attached hydrogens (tertiary/aromatic N) is 2. The molecule has 4 nitrogen and oxygen atoms in total. The minimum absolute atomic E-state index is 0.0911. The summed E-state index contributed by atoms with van der Waals surface area (Å²) in [6.45, 7) is 9.06. The van der Waals surface area contributed by atoms with Gasteiger partial charge in [0, 0.05) is 17.7 Å². The molecule has 0 bridgehead atoms. The van der Waals surface area contributed by atoms with E-state index in [0.717, 1.165) is 12.2 Å². The summed E-state index contributed by atoms with van der Waals surface area (Å²) in [7, 11) is 0. The van der Waals surface area contributed by atoms with Gasteiger partial charge in [0.15, 0.2) is 0 Å². The SMILES string of the molecule is CCCOc1ccc(C(=O)c2ccnc(C(C)C(C)C)n2)cc1. The molecule has 1 heterocycles. The van der Waals surface area contributed by atoms with Crippen molar-refractivity contribution in [3.8, 4) is 5.75 Å². The second-order valence-electron chi connectivity index (χ2n) is 6.03. The van der Waals surface area contributed by atoms with Gasteiger partial charge in [0.05, 0.1) is 6.61 Å². The minimum Gasteiger partial charge on any atom is -0.494 e. The highest BCUT2D eigenvalue weighted by Crippen LogP contribution is 2.21. The fourth-order valence-electron chi connectivity index (χ4n) is 2.09. The van der Waals surface area contributed by atoms with Crippen LogP contribution in [0.1, 0.15) is 61.9 Å². The van der Waals surface area contributed by atoms with Gasteiger partial charge in [-0.25, -0.2) is 9.97 Å². The largest absolute Gasteiger partial charge is 0.494 e. The molecule has 0 aliphatic heterocycles. The van der Waals surface area contributed by atoms with E-state index in [1.54, 1.807) is 24.4 Å². The molecule has 0 saturated heterocycles. The zero-order chi connectivity index (χ0) is 16.8. The first-order chi connectivity index (χ1) is 11.0. The Labute approximate surface area is 137 Å². The molecule has 2 aromatic rings. The maximum absolute atomic E-state index is 12.6. The molecule has 0 aliphatic carbocycles. The number of ether oxygens (including phenoxy) is 1. The van der Waals surface area contributed by atoms with Crippen LogP contribution in [0, 0.1) is 5.92 Å². The van der Waals surface area contributed by atoms with E-state index in [4.69, 9.17) is 4.74 Å². The summed E-state index contributed by atoms with van der Waals surface area (Å²) in [6.07, 6.45) is 2.62. The lowest BCUT2D eigenvalue weighted by Crippen LogP contribution is -2.11. The highest BCUT2D eigenvalue weighted by atomic mass is 16.5. The van der Waals surface area contributed by atoms with Crippen molar-refractivity contribution in [2.24, 2.45) is 5.92 Å². The molecule has 4 heteroatoms. The Balaban J connectivity index is 2.18. The van der Waals surface area contributed by atoms with Gasteiger partial charge in [0.1, 0.15) is 17.3 Å². The van der Waals surface area contributed by atoms with Crippen LogP contribution in [0.5, 0.6) is 5.75 Å². The maximum atomic E-state index is 12.6. The monoisotopic (exact) mass is 312 g/mol. The van der Waals surface area contributed by atoms with Gasteiger partial charge in [-0.05, 0) is 42.7 Å². The Bertz CT molecular complexity index is 651. The van der Waals surface area contributed by atoms with Gasteiger partial charge in [0.25, 0.3) is 0 Å². The van der Waals surface area contributed by atoms with Crippen molar-refractivity contribution in [2.45, 2.75) is 40.0 Å². The topological polar surface area (TPSA) is 52.1 Å². The van der Waals surface area contributed by atoms with Gasteiger partial charge in [-0.3, -0.25) is 4.79 Å². The molecular weight excluding hydrogens is 288 g/mol. The molecular formula is C19H24N2O2. The molecule has 2 rings (SSSR count). The van der Waals surface area contributed by atoms with Gasteiger partial charge in [-0.2, -0.15) is 0 Å². The third-order valence-corrected chi connectivity index (χ3v) is 3.90. The first-order valence-corrected chi connectivity index (χ1v) is 8.13. The van der Waals surface area contributed by atoms with Crippen LogP contribution in [-0.2, 0) is 0 Å². The summed E-state index contributed by atoms with van der Waals surface area (Å²) in [5, 5.41) is 0. The van der Waals surface area contributed by atoms with Crippen LogP contribution in [0.15, 0.2) is 36.5 Å². The van der Waals surface area contributed by atoms with Crippen molar-refractivity contribution in [3.05, 3.63) is 53.6 Å². The lowest BCUT2D eigenvalue weighted by molar-refractivity contribution is 0.103. The third-order valence-electron chi connectivity index (χ3n) is 3.90. The summed E-state index contributed by atoms with van der Waals surface area (Å²) in [4.78, 5) is 21.3. The van der Waals surface area contributed by atoms with Crippen LogP contribution in [-0.4, -0.2) is 22.4 Å². The van der Waals surface area contributed by atoms with E-state index < -0.39 is 0 Å². The maximum Gasteiger partial charge on any atom is 0.211 e. The van der Waals surface area contributed by atoms with E-state index in [1.165, 1.54) is 0 Å². The van der Waals surface area contributed by atoms with Gasteiger partial charge in [0.2, 0.25) is 5.78 Å². The molecule has 0 N–H and O–H groups in total. The number of carbonyl (C=O) groups is 1. The molecule has 1 atom stereocenters. The smallest absolute Gasteiger partial charge is 0.211 e. The molecule has 0 amide bonds. The van der Waals surface area contributed by atoms with Crippen molar-refractivity contribution >= 4 is 5.78 Å². The number of benzene rings is 1. The number of aromatic nitrogens is 2. The van der Waals surface area contributed by atoms with Crippen LogP contribution in [0.3, 0.4) is 0 Å². The van der Waals surface area contributed by atoms with Crippen molar-refractivity contribution in [1.82, 2.24) is 9.97 Å². The standard InChI is InChI=1S/C19H24N2O2/c1-5-12-23-16-8-6-15(7-9-16)18(22)17-10-11-20-19(21-17)14(4)13(2)3/h6-11,13-14H,5,12H2,1-4H3. The Hall–Kier alpha value is -2.23.